The summed E-state index contributed by atoms with van der Waals surface area (Å²) in [6.07, 6.45) is 0. The summed E-state index contributed by atoms with van der Waals surface area (Å²) < 4.78 is 2.75. The molecule has 4 heteroatoms. The molecule has 3 aromatic rings. The van der Waals surface area contributed by atoms with E-state index in [-0.39, 0.29) is 10.6 Å². The Labute approximate surface area is 128 Å². The van der Waals surface area contributed by atoms with Gasteiger partial charge in [-0.05, 0) is 0 Å². The molecule has 0 spiro atoms. The molecule has 0 saturated carbocycles. The fraction of sp³-hybridized carbons (Fsp3) is 0. The molecular formula is C16H11HgNO2. The van der Waals surface area contributed by atoms with Crippen LogP contribution in [0.25, 0.3) is 10.8 Å². The molecule has 94 valence electrons. The summed E-state index contributed by atoms with van der Waals surface area (Å²) in [6, 6.07) is 21.7. The molecule has 0 aromatic heterocycles. The van der Waals surface area contributed by atoms with Gasteiger partial charge in [0.25, 0.3) is 0 Å². The molecule has 0 unspecified atom stereocenters. The average Bonchev–Trinajstić information content (AvgIpc) is 2.48. The van der Waals surface area contributed by atoms with Crippen molar-refractivity contribution in [2.45, 2.75) is 0 Å². The number of hydrogen-bond acceptors (Lipinski definition) is 2. The third-order valence-electron chi connectivity index (χ3n) is 3.43. The number of benzene rings is 3. The Morgan fingerprint density at radius 2 is 1.45 bits per heavy atom. The van der Waals surface area contributed by atoms with E-state index in [0.29, 0.717) is 0 Å². The van der Waals surface area contributed by atoms with Gasteiger partial charge in [0.15, 0.2) is 0 Å². The van der Waals surface area contributed by atoms with Crippen molar-refractivity contribution in [2.24, 2.45) is 0 Å². The molecular weight excluding hydrogens is 439 g/mol. The maximum absolute atomic E-state index is 11.1. The van der Waals surface area contributed by atoms with Crippen LogP contribution in [0.3, 0.4) is 0 Å². The van der Waals surface area contributed by atoms with Crippen LogP contribution in [0.2, 0.25) is 0 Å². The zero-order valence-electron chi connectivity index (χ0n) is 10.8. The molecule has 0 aliphatic carbocycles. The number of rotatable bonds is 3. The molecule has 3 nitrogen and oxygen atoms in total. The van der Waals surface area contributed by atoms with Crippen molar-refractivity contribution >= 4 is 22.6 Å². The number of fused-ring (bicyclic) bond motifs is 1. The van der Waals surface area contributed by atoms with E-state index in [2.05, 4.69) is 24.3 Å². The Morgan fingerprint density at radius 1 is 0.800 bits per heavy atom. The average molecular weight is 450 g/mol. The quantitative estimate of drug-likeness (QED) is 0.350. The Bertz CT molecular complexity index is 772. The second-order valence-electron chi connectivity index (χ2n) is 4.71. The molecule has 0 amide bonds. The van der Waals surface area contributed by atoms with E-state index in [1.54, 1.807) is 6.07 Å². The fourth-order valence-corrected chi connectivity index (χ4v) is 9.01. The normalized spacial score (nSPS) is 10.2. The summed E-state index contributed by atoms with van der Waals surface area (Å²) in [7, 11) is 0. The van der Waals surface area contributed by atoms with E-state index in [0.717, 1.165) is 10.8 Å². The zero-order chi connectivity index (χ0) is 13.9. The molecule has 20 heavy (non-hydrogen) atoms. The van der Waals surface area contributed by atoms with E-state index in [1.165, 1.54) is 6.14 Å². The van der Waals surface area contributed by atoms with Crippen LogP contribution in [0.4, 0.5) is 5.69 Å². The van der Waals surface area contributed by atoms with Crippen LogP contribution in [-0.4, -0.2) is 4.92 Å². The number of nitro groups is 1. The minimum atomic E-state index is -1.46. The van der Waals surface area contributed by atoms with Gasteiger partial charge in [-0.15, -0.1) is 0 Å². The first kappa shape index (κ1) is 13.2. The van der Waals surface area contributed by atoms with Crippen molar-refractivity contribution in [3.05, 3.63) is 76.8 Å². The molecule has 0 saturated heterocycles. The number of nitrogens with zero attached hydrogens (tertiary/aromatic N) is 1. The van der Waals surface area contributed by atoms with E-state index in [4.69, 9.17) is 0 Å². The third-order valence-corrected chi connectivity index (χ3v) is 10.7. The van der Waals surface area contributed by atoms with E-state index < -0.39 is 24.6 Å². The van der Waals surface area contributed by atoms with Gasteiger partial charge < -0.3 is 0 Å². The Kier molecular flexibility index (Phi) is 3.78. The molecule has 0 fully saturated rings. The summed E-state index contributed by atoms with van der Waals surface area (Å²) in [5, 5.41) is 12.9. The first-order valence-electron chi connectivity index (χ1n) is 6.44. The van der Waals surface area contributed by atoms with Crippen LogP contribution in [-0.2, 0) is 24.6 Å². The first-order valence-corrected chi connectivity index (χ1v) is 11.9. The van der Waals surface area contributed by atoms with Gasteiger partial charge in [-0.3, -0.25) is 0 Å². The van der Waals surface area contributed by atoms with Crippen molar-refractivity contribution in [2.75, 3.05) is 0 Å². The number of nitro benzene ring substituents is 1. The van der Waals surface area contributed by atoms with Gasteiger partial charge in [0.1, 0.15) is 0 Å². The van der Waals surface area contributed by atoms with Crippen molar-refractivity contribution in [1.82, 2.24) is 0 Å². The molecule has 3 aromatic carbocycles. The van der Waals surface area contributed by atoms with Gasteiger partial charge in [0.2, 0.25) is 0 Å². The van der Waals surface area contributed by atoms with Gasteiger partial charge in [-0.2, -0.15) is 0 Å². The van der Waals surface area contributed by atoms with Crippen LogP contribution < -0.4 is 6.14 Å². The van der Waals surface area contributed by atoms with Gasteiger partial charge in [-0.25, -0.2) is 0 Å². The van der Waals surface area contributed by atoms with Gasteiger partial charge in [-0.1, -0.05) is 0 Å². The molecule has 0 N–H and O–H groups in total. The summed E-state index contributed by atoms with van der Waals surface area (Å²) in [5.41, 5.74) is 0.200. The van der Waals surface area contributed by atoms with Gasteiger partial charge >= 0.3 is 129 Å². The van der Waals surface area contributed by atoms with Crippen molar-refractivity contribution in [3.63, 3.8) is 0 Å². The summed E-state index contributed by atoms with van der Waals surface area (Å²) in [4.78, 5) is 10.8. The molecule has 0 aliphatic heterocycles. The number of non-ortho nitro benzene ring substituents is 1. The van der Waals surface area contributed by atoms with E-state index in [1.807, 2.05) is 36.4 Å². The SMILES string of the molecule is O=[N+]([O-])c1cc[c]([Hg][c]2ccccc2)c2ccccc12. The van der Waals surface area contributed by atoms with Gasteiger partial charge in [0.05, 0.1) is 0 Å². The molecule has 3 rings (SSSR count). The predicted octanol–water partition coefficient (Wildman–Crippen LogP) is 2.78. The van der Waals surface area contributed by atoms with Crippen LogP contribution in [0.15, 0.2) is 66.7 Å². The monoisotopic (exact) mass is 451 g/mol. The van der Waals surface area contributed by atoms with Crippen molar-refractivity contribution in [1.29, 1.82) is 0 Å². The molecule has 0 aliphatic rings. The van der Waals surface area contributed by atoms with Crippen LogP contribution in [0.1, 0.15) is 0 Å². The molecule has 0 heterocycles. The topological polar surface area (TPSA) is 43.1 Å². The molecule has 0 bridgehead atoms. The maximum atomic E-state index is 11.1. The summed E-state index contributed by atoms with van der Waals surface area (Å²) in [5.74, 6) is 0. The first-order chi connectivity index (χ1) is 9.75. The molecule has 0 atom stereocenters. The Morgan fingerprint density at radius 3 is 2.15 bits per heavy atom. The fourth-order valence-electron chi connectivity index (χ4n) is 2.47. The van der Waals surface area contributed by atoms with Gasteiger partial charge in [0, 0.05) is 0 Å². The van der Waals surface area contributed by atoms with E-state index >= 15 is 0 Å². The number of hydrogen-bond donors (Lipinski definition) is 0. The van der Waals surface area contributed by atoms with Crippen LogP contribution in [0.5, 0.6) is 0 Å². The van der Waals surface area contributed by atoms with E-state index in [9.17, 15) is 10.1 Å². The Balaban J connectivity index is 2.13. The zero-order valence-corrected chi connectivity index (χ0v) is 16.3. The Hall–Kier alpha value is -1.74. The summed E-state index contributed by atoms with van der Waals surface area (Å²) in [6.45, 7) is 0. The van der Waals surface area contributed by atoms with Crippen molar-refractivity contribution < 1.29 is 29.5 Å². The third kappa shape index (κ3) is 2.58. The predicted molar refractivity (Wildman–Crippen MR) is 76.3 cm³/mol. The standard InChI is InChI=1S/C10H6NO2.C6H5.Hg/c12-11(13)10-7-3-5-8-4-1-2-6-9(8)10;1-2-4-6-5-3-1;/h1-4,6-7H;1-5H;. The second kappa shape index (κ2) is 5.71. The molecule has 0 radical (unpaired) electrons. The van der Waals surface area contributed by atoms with Crippen LogP contribution in [0, 0.1) is 10.1 Å². The van der Waals surface area contributed by atoms with Crippen molar-refractivity contribution in [3.8, 4) is 0 Å². The summed E-state index contributed by atoms with van der Waals surface area (Å²) >= 11 is -1.46. The van der Waals surface area contributed by atoms with Crippen LogP contribution >= 0.6 is 0 Å². The second-order valence-corrected chi connectivity index (χ2v) is 12.2. The minimum absolute atomic E-state index is 0.200.